The number of carbonyl (C=O) groups excluding carboxylic acids is 1. The highest BCUT2D eigenvalue weighted by Gasteiger charge is 2.33. The van der Waals surface area contributed by atoms with Gasteiger partial charge in [0.25, 0.3) is 0 Å². The maximum Gasteiger partial charge on any atom is 0.315 e. The predicted octanol–water partition coefficient (Wildman–Crippen LogP) is 2.75. The van der Waals surface area contributed by atoms with Gasteiger partial charge in [-0.15, -0.1) is 0 Å². The lowest BCUT2D eigenvalue weighted by Gasteiger charge is -2.31. The third-order valence-corrected chi connectivity index (χ3v) is 4.03. The Bertz CT molecular complexity index is 372. The largest absolute Gasteiger partial charge is 0.481 e. The first-order valence-electron chi connectivity index (χ1n) is 7.28. The topological polar surface area (TPSA) is 78.4 Å². The van der Waals surface area contributed by atoms with Crippen LogP contribution in [0.15, 0.2) is 0 Å². The predicted molar refractivity (Wildman–Crippen MR) is 78.6 cm³/mol. The van der Waals surface area contributed by atoms with Gasteiger partial charge in [-0.1, -0.05) is 34.6 Å². The molecule has 2 atom stereocenters. The molecule has 0 spiro atoms. The van der Waals surface area contributed by atoms with E-state index < -0.39 is 5.97 Å². The molecular weight excluding hydrogens is 256 g/mol. The van der Waals surface area contributed by atoms with Gasteiger partial charge in [0.1, 0.15) is 0 Å². The number of aliphatic carboxylic acids is 1. The zero-order chi connectivity index (χ0) is 15.6. The lowest BCUT2D eigenvalue weighted by atomic mass is 9.85. The second-order valence-corrected chi connectivity index (χ2v) is 7.74. The van der Waals surface area contributed by atoms with Crippen LogP contribution in [0.25, 0.3) is 0 Å². The number of carboxylic acids is 1. The van der Waals surface area contributed by atoms with Gasteiger partial charge in [-0.3, -0.25) is 4.79 Å². The van der Waals surface area contributed by atoms with Gasteiger partial charge in [-0.25, -0.2) is 4.79 Å². The Morgan fingerprint density at radius 2 is 1.95 bits per heavy atom. The third kappa shape index (κ3) is 5.39. The zero-order valence-corrected chi connectivity index (χ0v) is 13.2. The van der Waals surface area contributed by atoms with Gasteiger partial charge < -0.3 is 15.7 Å². The fourth-order valence-corrected chi connectivity index (χ4v) is 2.69. The summed E-state index contributed by atoms with van der Waals surface area (Å²) in [5.41, 5.74) is -0.00683. The summed E-state index contributed by atoms with van der Waals surface area (Å²) in [6, 6.07) is -0.446. The van der Waals surface area contributed by atoms with Crippen LogP contribution in [-0.4, -0.2) is 29.2 Å². The molecule has 0 aromatic heterocycles. The minimum Gasteiger partial charge on any atom is -0.481 e. The van der Waals surface area contributed by atoms with Crippen LogP contribution in [0, 0.1) is 10.8 Å². The SMILES string of the molecule is CC1(C)CCC(NC(=O)NC(CC(=O)O)C(C)(C)C)C1. The van der Waals surface area contributed by atoms with Crippen LogP contribution in [0.5, 0.6) is 0 Å². The summed E-state index contributed by atoms with van der Waals surface area (Å²) in [7, 11) is 0. The van der Waals surface area contributed by atoms with Crippen molar-refractivity contribution >= 4 is 12.0 Å². The molecule has 5 nitrogen and oxygen atoms in total. The lowest BCUT2D eigenvalue weighted by molar-refractivity contribution is -0.138. The summed E-state index contributed by atoms with van der Waals surface area (Å²) in [6.07, 6.45) is 3.00. The van der Waals surface area contributed by atoms with Gasteiger partial charge in [0.05, 0.1) is 6.42 Å². The third-order valence-electron chi connectivity index (χ3n) is 4.03. The highest BCUT2D eigenvalue weighted by molar-refractivity contribution is 5.76. The molecule has 0 radical (unpaired) electrons. The summed E-state index contributed by atoms with van der Waals surface area (Å²) in [5, 5.41) is 14.7. The van der Waals surface area contributed by atoms with Gasteiger partial charge in [0.2, 0.25) is 0 Å². The zero-order valence-electron chi connectivity index (χ0n) is 13.2. The van der Waals surface area contributed by atoms with Crippen molar-refractivity contribution in [3.05, 3.63) is 0 Å². The summed E-state index contributed by atoms with van der Waals surface area (Å²) in [4.78, 5) is 22.9. The van der Waals surface area contributed by atoms with Crippen molar-refractivity contribution in [2.75, 3.05) is 0 Å². The molecule has 0 heterocycles. The van der Waals surface area contributed by atoms with Crippen molar-refractivity contribution in [3.63, 3.8) is 0 Å². The molecule has 0 aromatic carbocycles. The van der Waals surface area contributed by atoms with Crippen LogP contribution in [-0.2, 0) is 4.79 Å². The molecule has 0 bridgehead atoms. The highest BCUT2D eigenvalue weighted by Crippen LogP contribution is 2.36. The number of hydrogen-bond donors (Lipinski definition) is 3. The molecule has 3 N–H and O–H groups in total. The van der Waals surface area contributed by atoms with Gasteiger partial charge in [-0.2, -0.15) is 0 Å². The Morgan fingerprint density at radius 1 is 1.35 bits per heavy atom. The summed E-state index contributed by atoms with van der Waals surface area (Å²) < 4.78 is 0. The Hall–Kier alpha value is -1.26. The molecule has 1 aliphatic carbocycles. The normalized spacial score (nSPS) is 23.1. The minimum atomic E-state index is -0.896. The standard InChI is InChI=1S/C15H28N2O3/c1-14(2,3)11(8-12(18)19)17-13(20)16-10-6-7-15(4,5)9-10/h10-11H,6-9H2,1-5H3,(H,18,19)(H2,16,17,20). The number of carboxylic acid groups (broad SMARTS) is 1. The van der Waals surface area contributed by atoms with E-state index in [1.807, 2.05) is 20.8 Å². The van der Waals surface area contributed by atoms with Crippen molar-refractivity contribution < 1.29 is 14.7 Å². The summed E-state index contributed by atoms with van der Waals surface area (Å²) in [6.45, 7) is 10.2. The molecule has 1 rings (SSSR count). The van der Waals surface area contributed by atoms with E-state index in [-0.39, 0.29) is 35.4 Å². The second kappa shape index (κ2) is 6.02. The van der Waals surface area contributed by atoms with Crippen molar-refractivity contribution in [3.8, 4) is 0 Å². The average Bonchev–Trinajstić information content (AvgIpc) is 2.54. The van der Waals surface area contributed by atoms with Crippen LogP contribution >= 0.6 is 0 Å². The molecule has 1 aliphatic rings. The number of rotatable bonds is 4. The van der Waals surface area contributed by atoms with E-state index in [0.717, 1.165) is 19.3 Å². The Labute approximate surface area is 121 Å². The lowest BCUT2D eigenvalue weighted by Crippen LogP contribution is -2.51. The first-order valence-corrected chi connectivity index (χ1v) is 7.28. The van der Waals surface area contributed by atoms with E-state index in [2.05, 4.69) is 24.5 Å². The fraction of sp³-hybridized carbons (Fsp3) is 0.867. The molecule has 2 amide bonds. The number of hydrogen-bond acceptors (Lipinski definition) is 2. The number of nitrogens with one attached hydrogen (secondary N) is 2. The van der Waals surface area contributed by atoms with E-state index in [9.17, 15) is 9.59 Å². The molecule has 0 aromatic rings. The summed E-state index contributed by atoms with van der Waals surface area (Å²) in [5.74, 6) is -0.896. The number of carbonyl (C=O) groups is 2. The van der Waals surface area contributed by atoms with Gasteiger partial charge in [-0.05, 0) is 30.1 Å². The quantitative estimate of drug-likeness (QED) is 0.742. The van der Waals surface area contributed by atoms with E-state index in [1.165, 1.54) is 0 Å². The first-order chi connectivity index (χ1) is 8.99. The molecule has 20 heavy (non-hydrogen) atoms. The Kier molecular flexibility index (Phi) is 5.05. The monoisotopic (exact) mass is 284 g/mol. The second-order valence-electron chi connectivity index (χ2n) is 7.74. The Morgan fingerprint density at radius 3 is 2.35 bits per heavy atom. The highest BCUT2D eigenvalue weighted by atomic mass is 16.4. The maximum atomic E-state index is 12.0. The molecule has 116 valence electrons. The van der Waals surface area contributed by atoms with E-state index in [0.29, 0.717) is 0 Å². The van der Waals surface area contributed by atoms with Crippen LogP contribution in [0.1, 0.15) is 60.3 Å². The van der Waals surface area contributed by atoms with Crippen molar-refractivity contribution in [1.82, 2.24) is 10.6 Å². The molecule has 0 saturated heterocycles. The molecule has 1 fully saturated rings. The van der Waals surface area contributed by atoms with Crippen molar-refractivity contribution in [2.45, 2.75) is 72.4 Å². The molecular formula is C15H28N2O3. The summed E-state index contributed by atoms with van der Waals surface area (Å²) >= 11 is 0. The van der Waals surface area contributed by atoms with Crippen molar-refractivity contribution in [2.24, 2.45) is 10.8 Å². The van der Waals surface area contributed by atoms with Crippen LogP contribution < -0.4 is 10.6 Å². The smallest absolute Gasteiger partial charge is 0.315 e. The van der Waals surface area contributed by atoms with Crippen LogP contribution in [0.2, 0.25) is 0 Å². The molecule has 2 unspecified atom stereocenters. The average molecular weight is 284 g/mol. The first kappa shape index (κ1) is 16.8. The number of amides is 2. The minimum absolute atomic E-state index is 0.0624. The van der Waals surface area contributed by atoms with Gasteiger partial charge >= 0.3 is 12.0 Å². The fourth-order valence-electron chi connectivity index (χ4n) is 2.69. The maximum absolute atomic E-state index is 12.0. The van der Waals surface area contributed by atoms with E-state index in [4.69, 9.17) is 5.11 Å². The number of urea groups is 1. The van der Waals surface area contributed by atoms with Crippen molar-refractivity contribution in [1.29, 1.82) is 0 Å². The Balaban J connectivity index is 2.52. The van der Waals surface area contributed by atoms with E-state index >= 15 is 0 Å². The van der Waals surface area contributed by atoms with Gasteiger partial charge in [0.15, 0.2) is 0 Å². The molecule has 5 heteroatoms. The van der Waals surface area contributed by atoms with Gasteiger partial charge in [0, 0.05) is 12.1 Å². The van der Waals surface area contributed by atoms with Crippen LogP contribution in [0.3, 0.4) is 0 Å². The molecule has 0 aliphatic heterocycles. The van der Waals surface area contributed by atoms with Crippen LogP contribution in [0.4, 0.5) is 4.79 Å². The van der Waals surface area contributed by atoms with E-state index in [1.54, 1.807) is 0 Å². The molecule has 1 saturated carbocycles.